The van der Waals surface area contributed by atoms with Crippen molar-refractivity contribution in [3.63, 3.8) is 0 Å². The second kappa shape index (κ2) is 7.17. The quantitative estimate of drug-likeness (QED) is 0.718. The van der Waals surface area contributed by atoms with E-state index in [1.807, 2.05) is 12.3 Å². The van der Waals surface area contributed by atoms with Gasteiger partial charge in [-0.05, 0) is 13.3 Å². The first-order valence-corrected chi connectivity index (χ1v) is 10.3. The molecule has 1 aliphatic heterocycles. The Labute approximate surface area is 165 Å². The van der Waals surface area contributed by atoms with E-state index in [1.54, 1.807) is 11.3 Å². The molecular formula is C17H23N5O3S2. The lowest BCUT2D eigenvalue weighted by molar-refractivity contribution is -0.123. The number of likely N-dealkylation sites (tertiary alicyclic amines) is 1. The molecule has 8 nitrogen and oxygen atoms in total. The third-order valence-electron chi connectivity index (χ3n) is 4.31. The van der Waals surface area contributed by atoms with Gasteiger partial charge in [-0.1, -0.05) is 32.1 Å². The molecule has 0 aliphatic carbocycles. The van der Waals surface area contributed by atoms with Crippen LogP contribution in [0.25, 0.3) is 10.6 Å². The zero-order valence-electron chi connectivity index (χ0n) is 15.6. The highest BCUT2D eigenvalue weighted by Gasteiger charge is 2.40. The fourth-order valence-corrected chi connectivity index (χ4v) is 4.81. The van der Waals surface area contributed by atoms with Crippen molar-refractivity contribution in [2.45, 2.75) is 51.7 Å². The summed E-state index contributed by atoms with van der Waals surface area (Å²) < 4.78 is 0. The van der Waals surface area contributed by atoms with E-state index in [4.69, 9.17) is 10.7 Å². The summed E-state index contributed by atoms with van der Waals surface area (Å²) in [4.78, 5) is 35.3. The van der Waals surface area contributed by atoms with Gasteiger partial charge >= 0.3 is 6.03 Å². The van der Waals surface area contributed by atoms with Crippen molar-refractivity contribution in [1.29, 1.82) is 0 Å². The normalized spacial score (nSPS) is 20.1. The molecule has 0 unspecified atom stereocenters. The number of nitrogens with one attached hydrogen (secondary N) is 1. The Kier molecular flexibility index (Phi) is 5.24. The van der Waals surface area contributed by atoms with Crippen molar-refractivity contribution in [2.24, 2.45) is 5.73 Å². The summed E-state index contributed by atoms with van der Waals surface area (Å²) in [5.74, 6) is -0.719. The second-order valence-corrected chi connectivity index (χ2v) is 9.41. The number of hydrogen-bond donors (Lipinski definition) is 3. The summed E-state index contributed by atoms with van der Waals surface area (Å²) in [5.41, 5.74) is 6.89. The molecule has 3 rings (SSSR count). The lowest BCUT2D eigenvalue weighted by atomic mass is 9.98. The topological polar surface area (TPSA) is 121 Å². The molecule has 1 fully saturated rings. The third kappa shape index (κ3) is 3.97. The van der Waals surface area contributed by atoms with Gasteiger partial charge in [0.2, 0.25) is 5.91 Å². The minimum atomic E-state index is -1.02. The smallest absolute Gasteiger partial charge is 0.324 e. The molecule has 2 aromatic rings. The summed E-state index contributed by atoms with van der Waals surface area (Å²) in [7, 11) is 0. The summed E-state index contributed by atoms with van der Waals surface area (Å²) in [6.45, 7) is 8.46. The van der Waals surface area contributed by atoms with Gasteiger partial charge in [0.05, 0.1) is 27.4 Å². The first kappa shape index (κ1) is 19.7. The van der Waals surface area contributed by atoms with Crippen LogP contribution in [0.1, 0.15) is 37.9 Å². The van der Waals surface area contributed by atoms with Gasteiger partial charge < -0.3 is 15.7 Å². The number of hydrogen-bond acceptors (Lipinski definition) is 7. The molecule has 0 radical (unpaired) electrons. The second-order valence-electron chi connectivity index (χ2n) is 7.55. The number of amides is 3. The molecule has 27 heavy (non-hydrogen) atoms. The summed E-state index contributed by atoms with van der Waals surface area (Å²) >= 11 is 2.93. The first-order valence-electron chi connectivity index (χ1n) is 8.56. The van der Waals surface area contributed by atoms with E-state index in [-0.39, 0.29) is 12.0 Å². The Morgan fingerprint density at radius 2 is 2.07 bits per heavy atom. The summed E-state index contributed by atoms with van der Waals surface area (Å²) in [6, 6.07) is -1.51. The number of carbonyl (C=O) groups excluding carboxylic acids is 2. The van der Waals surface area contributed by atoms with Crippen LogP contribution in [0.15, 0.2) is 5.38 Å². The van der Waals surface area contributed by atoms with Crippen LogP contribution >= 0.6 is 22.7 Å². The molecule has 0 saturated carbocycles. The number of anilines is 1. The van der Waals surface area contributed by atoms with E-state index in [9.17, 15) is 14.7 Å². The SMILES string of the molecule is Cc1nc(NC(=O)N2CC[C@@H](O)[C@H]2C(N)=O)sc1-c1csc(C(C)(C)C)n1. The van der Waals surface area contributed by atoms with E-state index < -0.39 is 24.1 Å². The van der Waals surface area contributed by atoms with Crippen molar-refractivity contribution < 1.29 is 14.7 Å². The highest BCUT2D eigenvalue weighted by atomic mass is 32.1. The molecule has 10 heteroatoms. The monoisotopic (exact) mass is 409 g/mol. The number of nitrogens with zero attached hydrogens (tertiary/aromatic N) is 3. The van der Waals surface area contributed by atoms with Crippen LogP contribution in [0.3, 0.4) is 0 Å². The number of primary amides is 1. The highest BCUT2D eigenvalue weighted by molar-refractivity contribution is 7.19. The lowest BCUT2D eigenvalue weighted by Crippen LogP contribution is -2.49. The predicted molar refractivity (Wildman–Crippen MR) is 106 cm³/mol. The van der Waals surface area contributed by atoms with Crippen LogP contribution in [-0.2, 0) is 10.2 Å². The largest absolute Gasteiger partial charge is 0.390 e. The van der Waals surface area contributed by atoms with Crippen LogP contribution in [0.2, 0.25) is 0 Å². The molecule has 0 aromatic carbocycles. The maximum Gasteiger partial charge on any atom is 0.324 e. The number of rotatable bonds is 3. The Hall–Kier alpha value is -2.04. The van der Waals surface area contributed by atoms with E-state index >= 15 is 0 Å². The van der Waals surface area contributed by atoms with Gasteiger partial charge in [0, 0.05) is 17.3 Å². The van der Waals surface area contributed by atoms with E-state index in [0.717, 1.165) is 21.3 Å². The van der Waals surface area contributed by atoms with Crippen LogP contribution in [0.4, 0.5) is 9.93 Å². The van der Waals surface area contributed by atoms with Crippen molar-refractivity contribution >= 4 is 39.7 Å². The maximum absolute atomic E-state index is 12.5. The van der Waals surface area contributed by atoms with Gasteiger partial charge in [0.15, 0.2) is 5.13 Å². The number of nitrogens with two attached hydrogens (primary N) is 1. The number of aliphatic hydroxyl groups is 1. The summed E-state index contributed by atoms with van der Waals surface area (Å²) in [5, 5.41) is 16.0. The maximum atomic E-state index is 12.5. The minimum absolute atomic E-state index is 0.0289. The molecule has 4 N–H and O–H groups in total. The van der Waals surface area contributed by atoms with E-state index in [0.29, 0.717) is 11.6 Å². The number of urea groups is 1. The molecule has 0 bridgehead atoms. The van der Waals surface area contributed by atoms with Crippen LogP contribution in [0, 0.1) is 6.92 Å². The average Bonchev–Trinajstić information content (AvgIpc) is 3.24. The van der Waals surface area contributed by atoms with Gasteiger partial charge in [0.25, 0.3) is 0 Å². The molecule has 1 saturated heterocycles. The fraction of sp³-hybridized carbons (Fsp3) is 0.529. The van der Waals surface area contributed by atoms with E-state index in [2.05, 4.69) is 31.1 Å². The van der Waals surface area contributed by atoms with Crippen molar-refractivity contribution in [1.82, 2.24) is 14.9 Å². The molecule has 3 heterocycles. The molecule has 2 atom stereocenters. The van der Waals surface area contributed by atoms with E-state index in [1.165, 1.54) is 16.2 Å². The van der Waals surface area contributed by atoms with Crippen molar-refractivity contribution in [3.05, 3.63) is 16.1 Å². The Morgan fingerprint density at radius 3 is 2.67 bits per heavy atom. The number of thiazole rings is 2. The molecule has 3 amide bonds. The van der Waals surface area contributed by atoms with Gasteiger partial charge in [-0.2, -0.15) is 0 Å². The Balaban J connectivity index is 1.78. The zero-order valence-corrected chi connectivity index (χ0v) is 17.3. The van der Waals surface area contributed by atoms with Gasteiger partial charge in [0.1, 0.15) is 6.04 Å². The number of aliphatic hydroxyl groups excluding tert-OH is 1. The zero-order chi connectivity index (χ0) is 19.9. The minimum Gasteiger partial charge on any atom is -0.390 e. The first-order chi connectivity index (χ1) is 12.6. The summed E-state index contributed by atoms with van der Waals surface area (Å²) in [6.07, 6.45) is -0.620. The van der Waals surface area contributed by atoms with Crippen molar-refractivity contribution in [3.8, 4) is 10.6 Å². The average molecular weight is 410 g/mol. The number of aromatic nitrogens is 2. The molecule has 2 aromatic heterocycles. The highest BCUT2D eigenvalue weighted by Crippen LogP contribution is 2.36. The number of aryl methyl sites for hydroxylation is 1. The fourth-order valence-electron chi connectivity index (χ4n) is 2.92. The van der Waals surface area contributed by atoms with Gasteiger partial charge in [-0.15, -0.1) is 11.3 Å². The number of carbonyl (C=O) groups is 2. The van der Waals surface area contributed by atoms with Crippen LogP contribution in [0.5, 0.6) is 0 Å². The van der Waals surface area contributed by atoms with Gasteiger partial charge in [-0.3, -0.25) is 10.1 Å². The van der Waals surface area contributed by atoms with Crippen LogP contribution < -0.4 is 11.1 Å². The van der Waals surface area contributed by atoms with Crippen LogP contribution in [-0.4, -0.2) is 50.6 Å². The van der Waals surface area contributed by atoms with Gasteiger partial charge in [-0.25, -0.2) is 14.8 Å². The molecule has 146 valence electrons. The lowest BCUT2D eigenvalue weighted by Gasteiger charge is -2.23. The molecule has 0 spiro atoms. The predicted octanol–water partition coefficient (Wildman–Crippen LogP) is 2.32. The van der Waals surface area contributed by atoms with Crippen molar-refractivity contribution in [2.75, 3.05) is 11.9 Å². The standard InChI is InChI=1S/C17H23N5O3S2/c1-8-12(9-7-26-14(20-9)17(2,3)4)27-15(19-8)21-16(25)22-6-5-10(23)11(22)13(18)24/h7,10-11,23H,5-6H2,1-4H3,(H2,18,24)(H,19,21,25)/t10-,11+/m1/s1. The molecular weight excluding hydrogens is 386 g/mol. The third-order valence-corrected chi connectivity index (χ3v) is 6.67. The Morgan fingerprint density at radius 1 is 1.37 bits per heavy atom. The Bertz CT molecular complexity index is 870. The molecule has 1 aliphatic rings.